The van der Waals surface area contributed by atoms with E-state index in [0.29, 0.717) is 11.1 Å². The molecule has 0 radical (unpaired) electrons. The molecule has 0 bridgehead atoms. The molecule has 0 unspecified atom stereocenters. The monoisotopic (exact) mass is 638 g/mol. The summed E-state index contributed by atoms with van der Waals surface area (Å²) in [4.78, 5) is 0. The summed E-state index contributed by atoms with van der Waals surface area (Å²) in [5, 5.41) is 27.8. The maximum absolute atomic E-state index is 9.86. The molecule has 11 rings (SSSR count). The van der Waals surface area contributed by atoms with E-state index in [-0.39, 0.29) is 0 Å². The molecule has 6 nitrogen and oxygen atoms in total. The van der Waals surface area contributed by atoms with Crippen LogP contribution in [-0.2, 0) is 0 Å². The van der Waals surface area contributed by atoms with Crippen LogP contribution in [0.2, 0.25) is 0 Å². The Morgan fingerprint density at radius 2 is 0.900 bits per heavy atom. The first-order chi connectivity index (χ1) is 24.7. The van der Waals surface area contributed by atoms with Gasteiger partial charge in [0.15, 0.2) is 0 Å². The summed E-state index contributed by atoms with van der Waals surface area (Å²) in [6.45, 7) is 0. The second kappa shape index (κ2) is 9.64. The minimum Gasteiger partial charge on any atom is -0.456 e. The molecule has 0 aliphatic heterocycles. The van der Waals surface area contributed by atoms with Crippen molar-refractivity contribution in [1.29, 1.82) is 10.5 Å². The molecule has 4 heterocycles. The molecule has 0 spiro atoms. The Bertz CT molecular complexity index is 3360. The largest absolute Gasteiger partial charge is 0.456 e. The lowest BCUT2D eigenvalue weighted by atomic mass is 10.0. The van der Waals surface area contributed by atoms with Gasteiger partial charge in [0.05, 0.1) is 45.3 Å². The van der Waals surface area contributed by atoms with Gasteiger partial charge in [-0.15, -0.1) is 0 Å². The standard InChI is InChI=1S/C44H22N4O2/c45-23-25-9-13-36-31(19-25)29-5-1-3-7-35(29)47(36)27-11-16-40-32(21-27)33-22-28(12-17-41(33)49-40)48-37-14-10-26(24-46)20-34(37)43-38(48)15-18-42-44(43)30-6-2-4-8-39(30)50-42/h1-22H. The lowest BCUT2D eigenvalue weighted by Crippen LogP contribution is -1.94. The Labute approximate surface area is 283 Å². The van der Waals surface area contributed by atoms with Crippen molar-refractivity contribution in [1.82, 2.24) is 9.13 Å². The van der Waals surface area contributed by atoms with E-state index in [0.717, 1.165) is 98.9 Å². The summed E-state index contributed by atoms with van der Waals surface area (Å²) in [6.07, 6.45) is 0. The van der Waals surface area contributed by atoms with Gasteiger partial charge in [0.1, 0.15) is 22.3 Å². The van der Waals surface area contributed by atoms with Crippen LogP contribution in [0.3, 0.4) is 0 Å². The van der Waals surface area contributed by atoms with Gasteiger partial charge in [0, 0.05) is 54.5 Å². The molecular weight excluding hydrogens is 617 g/mol. The van der Waals surface area contributed by atoms with Crippen LogP contribution in [0.25, 0.3) is 98.9 Å². The van der Waals surface area contributed by atoms with Gasteiger partial charge in [-0.05, 0) is 97.1 Å². The van der Waals surface area contributed by atoms with Crippen molar-refractivity contribution in [3.05, 3.63) is 145 Å². The van der Waals surface area contributed by atoms with Crippen LogP contribution in [0.4, 0.5) is 0 Å². The third-order valence-corrected chi connectivity index (χ3v) is 10.2. The van der Waals surface area contributed by atoms with Gasteiger partial charge in [-0.1, -0.05) is 36.4 Å². The number of para-hydroxylation sites is 2. The van der Waals surface area contributed by atoms with Gasteiger partial charge in [-0.2, -0.15) is 10.5 Å². The van der Waals surface area contributed by atoms with Crippen molar-refractivity contribution in [3.8, 4) is 23.5 Å². The van der Waals surface area contributed by atoms with Gasteiger partial charge < -0.3 is 18.0 Å². The van der Waals surface area contributed by atoms with E-state index in [1.54, 1.807) is 0 Å². The van der Waals surface area contributed by atoms with Gasteiger partial charge in [-0.3, -0.25) is 0 Å². The smallest absolute Gasteiger partial charge is 0.136 e. The van der Waals surface area contributed by atoms with Gasteiger partial charge in [-0.25, -0.2) is 0 Å². The second-order valence-electron chi connectivity index (χ2n) is 12.8. The Morgan fingerprint density at radius 3 is 1.62 bits per heavy atom. The molecule has 0 aliphatic rings. The summed E-state index contributed by atoms with van der Waals surface area (Å²) in [5.41, 5.74) is 10.7. The predicted molar refractivity (Wildman–Crippen MR) is 199 cm³/mol. The zero-order valence-corrected chi connectivity index (χ0v) is 26.3. The molecule has 230 valence electrons. The van der Waals surface area contributed by atoms with E-state index in [9.17, 15) is 10.5 Å². The lowest BCUT2D eigenvalue weighted by molar-refractivity contribution is 0.668. The molecule has 0 fully saturated rings. The van der Waals surface area contributed by atoms with Crippen LogP contribution in [0.5, 0.6) is 0 Å². The number of rotatable bonds is 2. The zero-order valence-electron chi connectivity index (χ0n) is 26.3. The molecule has 7 aromatic carbocycles. The van der Waals surface area contributed by atoms with Crippen LogP contribution in [0.1, 0.15) is 11.1 Å². The van der Waals surface area contributed by atoms with Crippen LogP contribution in [0, 0.1) is 22.7 Å². The molecule has 0 saturated heterocycles. The molecule has 0 aliphatic carbocycles. The van der Waals surface area contributed by atoms with Crippen LogP contribution in [0.15, 0.2) is 142 Å². The number of hydrogen-bond donors (Lipinski definition) is 0. The van der Waals surface area contributed by atoms with Crippen molar-refractivity contribution >= 4 is 87.5 Å². The Hall–Kier alpha value is -7.28. The highest BCUT2D eigenvalue weighted by atomic mass is 16.3. The normalized spacial score (nSPS) is 12.0. The quantitative estimate of drug-likeness (QED) is 0.189. The summed E-state index contributed by atoms with van der Waals surface area (Å²) < 4.78 is 17.2. The van der Waals surface area contributed by atoms with Gasteiger partial charge in [0.2, 0.25) is 0 Å². The second-order valence-corrected chi connectivity index (χ2v) is 12.8. The molecule has 4 aromatic heterocycles. The van der Waals surface area contributed by atoms with Crippen LogP contribution < -0.4 is 0 Å². The fourth-order valence-corrected chi connectivity index (χ4v) is 8.03. The number of hydrogen-bond acceptors (Lipinski definition) is 4. The summed E-state index contributed by atoms with van der Waals surface area (Å²) in [6, 6.07) is 49.7. The number of aromatic nitrogens is 2. The highest BCUT2D eigenvalue weighted by Gasteiger charge is 2.20. The van der Waals surface area contributed by atoms with Gasteiger partial charge >= 0.3 is 0 Å². The van der Waals surface area contributed by atoms with Crippen molar-refractivity contribution in [2.75, 3.05) is 0 Å². The summed E-state index contributed by atoms with van der Waals surface area (Å²) in [7, 11) is 0. The highest BCUT2D eigenvalue weighted by Crippen LogP contribution is 2.42. The molecule has 0 atom stereocenters. The number of nitrogens with zero attached hydrogens (tertiary/aromatic N) is 4. The Kier molecular flexibility index (Phi) is 5.16. The van der Waals surface area contributed by atoms with Crippen molar-refractivity contribution in [2.45, 2.75) is 0 Å². The zero-order chi connectivity index (χ0) is 33.1. The molecule has 0 N–H and O–H groups in total. The first kappa shape index (κ1) is 26.8. The molecule has 0 saturated carbocycles. The van der Waals surface area contributed by atoms with E-state index < -0.39 is 0 Å². The highest BCUT2D eigenvalue weighted by molar-refractivity contribution is 6.27. The van der Waals surface area contributed by atoms with Crippen molar-refractivity contribution in [2.24, 2.45) is 0 Å². The minimum atomic E-state index is 0.610. The Morgan fingerprint density at radius 1 is 0.380 bits per heavy atom. The SMILES string of the molecule is N#Cc1ccc2c(c1)c1ccccc1n2-c1ccc2oc3ccc(-n4c5ccc(C#N)cc5c5c6c(ccc54)oc4ccccc46)cc3c2c1. The molecule has 6 heteroatoms. The van der Waals surface area contributed by atoms with Crippen LogP contribution in [-0.4, -0.2) is 9.13 Å². The summed E-state index contributed by atoms with van der Waals surface area (Å²) in [5.74, 6) is 0. The molecule has 0 amide bonds. The van der Waals surface area contributed by atoms with E-state index >= 15 is 0 Å². The van der Waals surface area contributed by atoms with Gasteiger partial charge in [0.25, 0.3) is 0 Å². The van der Waals surface area contributed by atoms with E-state index in [2.05, 4.69) is 69.8 Å². The topological polar surface area (TPSA) is 83.7 Å². The van der Waals surface area contributed by atoms with Crippen molar-refractivity contribution < 1.29 is 8.83 Å². The fraction of sp³-hybridized carbons (Fsp3) is 0. The van der Waals surface area contributed by atoms with E-state index in [1.807, 2.05) is 84.9 Å². The predicted octanol–water partition coefficient (Wildman–Crippen LogP) is 11.4. The third-order valence-electron chi connectivity index (χ3n) is 10.2. The lowest BCUT2D eigenvalue weighted by Gasteiger charge is -2.09. The number of fused-ring (bicyclic) bond motifs is 13. The average molecular weight is 639 g/mol. The first-order valence-electron chi connectivity index (χ1n) is 16.4. The number of benzene rings is 7. The van der Waals surface area contributed by atoms with Crippen LogP contribution >= 0.6 is 0 Å². The first-order valence-corrected chi connectivity index (χ1v) is 16.4. The third kappa shape index (κ3) is 3.49. The van der Waals surface area contributed by atoms with E-state index in [1.165, 1.54) is 0 Å². The maximum atomic E-state index is 9.86. The number of furan rings is 2. The molecule has 11 aromatic rings. The summed E-state index contributed by atoms with van der Waals surface area (Å²) >= 11 is 0. The molecular formula is C44H22N4O2. The minimum absolute atomic E-state index is 0.610. The van der Waals surface area contributed by atoms with Crippen molar-refractivity contribution in [3.63, 3.8) is 0 Å². The Balaban J connectivity index is 1.19. The average Bonchev–Trinajstić information content (AvgIpc) is 3.91. The number of nitriles is 2. The molecule has 50 heavy (non-hydrogen) atoms. The fourth-order valence-electron chi connectivity index (χ4n) is 8.03. The maximum Gasteiger partial charge on any atom is 0.136 e. The van der Waals surface area contributed by atoms with E-state index in [4.69, 9.17) is 8.83 Å².